The molecule has 2 heterocycles. The summed E-state index contributed by atoms with van der Waals surface area (Å²) in [5, 5.41) is 6.10. The molecule has 2 aromatic heterocycles. The molecule has 0 saturated heterocycles. The van der Waals surface area contributed by atoms with Crippen molar-refractivity contribution in [3.63, 3.8) is 0 Å². The third-order valence-electron chi connectivity index (χ3n) is 3.87. The minimum atomic E-state index is -0.259. The van der Waals surface area contributed by atoms with E-state index in [2.05, 4.69) is 38.6 Å². The third-order valence-corrected chi connectivity index (χ3v) is 3.87. The number of anilines is 2. The van der Waals surface area contributed by atoms with Gasteiger partial charge in [0.25, 0.3) is 5.91 Å². The molecule has 0 bridgehead atoms. The first kappa shape index (κ1) is 17.5. The molecule has 6 heteroatoms. The van der Waals surface area contributed by atoms with Crippen molar-refractivity contribution in [2.75, 3.05) is 5.32 Å². The molecular weight excluding hydrogens is 326 g/mol. The SMILES string of the molecule is Cc1ccc(Nc2cc(C(=O)NCc3ccccn3)nc(C)n2)c(C)c1. The van der Waals surface area contributed by atoms with Crippen molar-refractivity contribution >= 4 is 17.4 Å². The summed E-state index contributed by atoms with van der Waals surface area (Å²) in [4.78, 5) is 25.2. The van der Waals surface area contributed by atoms with E-state index >= 15 is 0 Å². The van der Waals surface area contributed by atoms with Crippen molar-refractivity contribution in [1.82, 2.24) is 20.3 Å². The Labute approximate surface area is 152 Å². The van der Waals surface area contributed by atoms with Gasteiger partial charge in [0.05, 0.1) is 12.2 Å². The Kier molecular flexibility index (Phi) is 5.22. The zero-order valence-electron chi connectivity index (χ0n) is 15.1. The molecule has 0 aliphatic heterocycles. The first-order valence-corrected chi connectivity index (χ1v) is 8.39. The van der Waals surface area contributed by atoms with Gasteiger partial charge in [-0.2, -0.15) is 0 Å². The summed E-state index contributed by atoms with van der Waals surface area (Å²) in [6.45, 7) is 6.20. The predicted molar refractivity (Wildman–Crippen MR) is 101 cm³/mol. The van der Waals surface area contributed by atoms with Crippen molar-refractivity contribution in [2.24, 2.45) is 0 Å². The predicted octanol–water partition coefficient (Wildman–Crippen LogP) is 3.47. The first-order chi connectivity index (χ1) is 12.5. The summed E-state index contributed by atoms with van der Waals surface area (Å²) in [6.07, 6.45) is 1.70. The zero-order valence-corrected chi connectivity index (χ0v) is 15.1. The van der Waals surface area contributed by atoms with Crippen LogP contribution in [-0.2, 0) is 6.54 Å². The minimum Gasteiger partial charge on any atom is -0.345 e. The van der Waals surface area contributed by atoms with E-state index in [1.165, 1.54) is 5.56 Å². The molecule has 2 N–H and O–H groups in total. The quantitative estimate of drug-likeness (QED) is 0.739. The number of amides is 1. The fourth-order valence-corrected chi connectivity index (χ4v) is 2.60. The lowest BCUT2D eigenvalue weighted by Gasteiger charge is -2.11. The van der Waals surface area contributed by atoms with Crippen molar-refractivity contribution < 1.29 is 4.79 Å². The van der Waals surface area contributed by atoms with E-state index in [0.717, 1.165) is 16.9 Å². The topological polar surface area (TPSA) is 79.8 Å². The van der Waals surface area contributed by atoms with Crippen molar-refractivity contribution in [3.05, 3.63) is 77.0 Å². The first-order valence-electron chi connectivity index (χ1n) is 8.39. The molecule has 0 aliphatic carbocycles. The lowest BCUT2D eigenvalue weighted by atomic mass is 10.1. The van der Waals surface area contributed by atoms with Gasteiger partial charge in [-0.15, -0.1) is 0 Å². The van der Waals surface area contributed by atoms with Crippen molar-refractivity contribution in [2.45, 2.75) is 27.3 Å². The molecule has 1 aromatic carbocycles. The van der Waals surface area contributed by atoms with Gasteiger partial charge in [0.15, 0.2) is 0 Å². The van der Waals surface area contributed by atoms with Gasteiger partial charge >= 0.3 is 0 Å². The summed E-state index contributed by atoms with van der Waals surface area (Å²) in [6, 6.07) is 13.4. The van der Waals surface area contributed by atoms with Crippen molar-refractivity contribution in [3.8, 4) is 0 Å². The van der Waals surface area contributed by atoms with Gasteiger partial charge in [-0.25, -0.2) is 9.97 Å². The average Bonchev–Trinajstić information content (AvgIpc) is 2.62. The second kappa shape index (κ2) is 7.74. The Morgan fingerprint density at radius 1 is 1.04 bits per heavy atom. The number of pyridine rings is 1. The standard InChI is InChI=1S/C20H21N5O/c1-13-7-8-17(14(2)10-13)25-19-11-18(23-15(3)24-19)20(26)22-12-16-6-4-5-9-21-16/h4-11H,12H2,1-3H3,(H,22,26)(H,23,24,25). The lowest BCUT2D eigenvalue weighted by Crippen LogP contribution is -2.24. The number of nitrogens with zero attached hydrogens (tertiary/aromatic N) is 3. The maximum atomic E-state index is 12.4. The normalized spacial score (nSPS) is 10.4. The fraction of sp³-hybridized carbons (Fsp3) is 0.200. The van der Waals surface area contributed by atoms with Gasteiger partial charge in [-0.3, -0.25) is 9.78 Å². The van der Waals surface area contributed by atoms with Crippen LogP contribution in [0.3, 0.4) is 0 Å². The Bertz CT molecular complexity index is 925. The molecule has 6 nitrogen and oxygen atoms in total. The number of aromatic nitrogens is 3. The van der Waals surface area contributed by atoms with E-state index in [4.69, 9.17) is 0 Å². The highest BCUT2D eigenvalue weighted by molar-refractivity contribution is 5.93. The van der Waals surface area contributed by atoms with E-state index in [1.807, 2.05) is 37.3 Å². The second-order valence-electron chi connectivity index (χ2n) is 6.13. The van der Waals surface area contributed by atoms with E-state index < -0.39 is 0 Å². The fourth-order valence-electron chi connectivity index (χ4n) is 2.60. The smallest absolute Gasteiger partial charge is 0.270 e. The van der Waals surface area contributed by atoms with E-state index in [0.29, 0.717) is 23.9 Å². The lowest BCUT2D eigenvalue weighted by molar-refractivity contribution is 0.0945. The van der Waals surface area contributed by atoms with Crippen LogP contribution >= 0.6 is 0 Å². The number of hydrogen-bond acceptors (Lipinski definition) is 5. The minimum absolute atomic E-state index is 0.259. The maximum absolute atomic E-state index is 12.4. The number of carbonyl (C=O) groups is 1. The highest BCUT2D eigenvalue weighted by Gasteiger charge is 2.11. The molecule has 3 rings (SSSR count). The van der Waals surface area contributed by atoms with Crippen LogP contribution < -0.4 is 10.6 Å². The number of nitrogens with one attached hydrogen (secondary N) is 2. The molecule has 0 radical (unpaired) electrons. The molecule has 26 heavy (non-hydrogen) atoms. The van der Waals surface area contributed by atoms with Crippen LogP contribution in [-0.4, -0.2) is 20.9 Å². The van der Waals surface area contributed by atoms with Gasteiger partial charge in [-0.1, -0.05) is 23.8 Å². The molecule has 0 unspecified atom stereocenters. The summed E-state index contributed by atoms with van der Waals surface area (Å²) >= 11 is 0. The van der Waals surface area contributed by atoms with Crippen LogP contribution in [0.2, 0.25) is 0 Å². The molecule has 0 saturated carbocycles. The van der Waals surface area contributed by atoms with E-state index in [1.54, 1.807) is 19.2 Å². The van der Waals surface area contributed by atoms with Gasteiger partial charge in [0.1, 0.15) is 17.3 Å². The van der Waals surface area contributed by atoms with Crippen LogP contribution in [0.5, 0.6) is 0 Å². The highest BCUT2D eigenvalue weighted by atomic mass is 16.1. The molecular formula is C20H21N5O. The summed E-state index contributed by atoms with van der Waals surface area (Å²) < 4.78 is 0. The van der Waals surface area contributed by atoms with Gasteiger partial charge in [-0.05, 0) is 44.5 Å². The number of aryl methyl sites for hydroxylation is 3. The molecule has 132 valence electrons. The van der Waals surface area contributed by atoms with Gasteiger partial charge < -0.3 is 10.6 Å². The largest absolute Gasteiger partial charge is 0.345 e. The van der Waals surface area contributed by atoms with Crippen molar-refractivity contribution in [1.29, 1.82) is 0 Å². The van der Waals surface area contributed by atoms with Gasteiger partial charge in [0, 0.05) is 18.0 Å². The number of hydrogen-bond donors (Lipinski definition) is 2. The van der Waals surface area contributed by atoms with Crippen LogP contribution in [0.1, 0.15) is 33.1 Å². The van der Waals surface area contributed by atoms with E-state index in [-0.39, 0.29) is 5.91 Å². The number of carbonyl (C=O) groups excluding carboxylic acids is 1. The van der Waals surface area contributed by atoms with Crippen LogP contribution in [0.25, 0.3) is 0 Å². The zero-order chi connectivity index (χ0) is 18.5. The molecule has 1 amide bonds. The molecule has 0 spiro atoms. The monoisotopic (exact) mass is 347 g/mol. The molecule has 0 aliphatic rings. The average molecular weight is 347 g/mol. The Morgan fingerprint density at radius 3 is 2.62 bits per heavy atom. The van der Waals surface area contributed by atoms with Gasteiger partial charge in [0.2, 0.25) is 0 Å². The maximum Gasteiger partial charge on any atom is 0.270 e. The summed E-state index contributed by atoms with van der Waals surface area (Å²) in [5.41, 5.74) is 4.37. The Hall–Kier alpha value is -3.28. The highest BCUT2D eigenvalue weighted by Crippen LogP contribution is 2.20. The van der Waals surface area contributed by atoms with E-state index in [9.17, 15) is 4.79 Å². The number of benzene rings is 1. The Morgan fingerprint density at radius 2 is 1.88 bits per heavy atom. The summed E-state index contributed by atoms with van der Waals surface area (Å²) in [5.74, 6) is 0.861. The summed E-state index contributed by atoms with van der Waals surface area (Å²) in [7, 11) is 0. The molecule has 0 fully saturated rings. The van der Waals surface area contributed by atoms with Crippen LogP contribution in [0.15, 0.2) is 48.7 Å². The number of rotatable bonds is 5. The molecule has 0 atom stereocenters. The molecule has 3 aromatic rings. The van der Waals surface area contributed by atoms with Crippen LogP contribution in [0.4, 0.5) is 11.5 Å². The Balaban J connectivity index is 1.75. The second-order valence-corrected chi connectivity index (χ2v) is 6.13. The van der Waals surface area contributed by atoms with Crippen LogP contribution in [0, 0.1) is 20.8 Å². The third kappa shape index (κ3) is 4.42.